The van der Waals surface area contributed by atoms with Crippen LogP contribution in [-0.4, -0.2) is 11.9 Å². The number of nitrogens with one attached hydrogen (secondary N) is 1. The first-order valence-corrected chi connectivity index (χ1v) is 10.4. The number of hydrogen-bond donors (Lipinski definition) is 1. The highest BCUT2D eigenvalue weighted by molar-refractivity contribution is 9.10. The van der Waals surface area contributed by atoms with E-state index in [1.807, 2.05) is 36.4 Å². The molecule has 2 aliphatic carbocycles. The lowest BCUT2D eigenvalue weighted by Gasteiger charge is -2.21. The average molecular weight is 445 g/mol. The predicted octanol–water partition coefficient (Wildman–Crippen LogP) is 4.20. The van der Waals surface area contributed by atoms with Crippen LogP contribution in [0.1, 0.15) is 43.6 Å². The molecular weight excluding hydrogens is 428 g/mol. The lowest BCUT2D eigenvalue weighted by molar-refractivity contribution is 0.441. The SMILES string of the molecule is N#CC(C#N)=C1NC(=NC2CCCCC2)C2(C#N)C(c3cccc(Br)c3)C12C#N. The second kappa shape index (κ2) is 7.04. The van der Waals surface area contributed by atoms with Crippen molar-refractivity contribution in [3.63, 3.8) is 0 Å². The maximum Gasteiger partial charge on any atom is 0.150 e. The summed E-state index contributed by atoms with van der Waals surface area (Å²) in [5.41, 5.74) is -1.66. The topological polar surface area (TPSA) is 120 Å². The van der Waals surface area contributed by atoms with E-state index in [2.05, 4.69) is 33.4 Å². The van der Waals surface area contributed by atoms with Crippen molar-refractivity contribution in [3.8, 4) is 24.3 Å². The molecule has 1 aromatic carbocycles. The molecule has 1 aliphatic heterocycles. The number of hydrogen-bond acceptors (Lipinski definition) is 5. The van der Waals surface area contributed by atoms with Gasteiger partial charge in [0.15, 0.2) is 5.57 Å². The first kappa shape index (κ1) is 19.2. The molecular formula is C22H17BrN6. The fourth-order valence-electron chi connectivity index (χ4n) is 4.98. The van der Waals surface area contributed by atoms with Crippen LogP contribution in [0.2, 0.25) is 0 Å². The van der Waals surface area contributed by atoms with E-state index in [0.29, 0.717) is 5.84 Å². The van der Waals surface area contributed by atoms with Gasteiger partial charge in [0, 0.05) is 10.4 Å². The molecule has 6 nitrogen and oxygen atoms in total. The molecule has 7 heteroatoms. The van der Waals surface area contributed by atoms with E-state index in [1.165, 1.54) is 6.42 Å². The number of benzene rings is 1. The van der Waals surface area contributed by atoms with Gasteiger partial charge in [-0.05, 0) is 30.5 Å². The van der Waals surface area contributed by atoms with Crippen molar-refractivity contribution in [1.82, 2.24) is 5.32 Å². The summed E-state index contributed by atoms with van der Waals surface area (Å²) in [7, 11) is 0. The first-order chi connectivity index (χ1) is 14.1. The molecule has 0 spiro atoms. The van der Waals surface area contributed by atoms with Crippen LogP contribution >= 0.6 is 15.9 Å². The number of piperidine rings is 1. The van der Waals surface area contributed by atoms with Gasteiger partial charge in [0.25, 0.3) is 0 Å². The normalized spacial score (nSPS) is 31.6. The van der Waals surface area contributed by atoms with E-state index < -0.39 is 16.7 Å². The van der Waals surface area contributed by atoms with Crippen LogP contribution in [0.25, 0.3) is 0 Å². The number of allylic oxidation sites excluding steroid dienone is 2. The molecule has 1 saturated heterocycles. The molecule has 3 aliphatic rings. The van der Waals surface area contributed by atoms with Crippen molar-refractivity contribution in [1.29, 1.82) is 21.0 Å². The van der Waals surface area contributed by atoms with Crippen molar-refractivity contribution in [2.24, 2.45) is 15.8 Å². The highest BCUT2D eigenvalue weighted by Crippen LogP contribution is 2.80. The third-order valence-corrected chi connectivity index (χ3v) is 6.80. The van der Waals surface area contributed by atoms with E-state index in [0.717, 1.165) is 35.7 Å². The number of amidine groups is 1. The first-order valence-electron chi connectivity index (χ1n) is 9.57. The quantitative estimate of drug-likeness (QED) is 0.684. The molecule has 1 heterocycles. The fraction of sp³-hybridized carbons (Fsp3) is 0.409. The Morgan fingerprint density at radius 3 is 2.31 bits per heavy atom. The van der Waals surface area contributed by atoms with E-state index in [4.69, 9.17) is 4.99 Å². The molecule has 0 bridgehead atoms. The van der Waals surface area contributed by atoms with E-state index in [-0.39, 0.29) is 17.3 Å². The molecule has 3 fully saturated rings. The largest absolute Gasteiger partial charge is 0.343 e. The highest BCUT2D eigenvalue weighted by atomic mass is 79.9. The van der Waals surface area contributed by atoms with E-state index in [1.54, 1.807) is 0 Å². The molecule has 3 atom stereocenters. The Labute approximate surface area is 177 Å². The van der Waals surface area contributed by atoms with E-state index >= 15 is 0 Å². The summed E-state index contributed by atoms with van der Waals surface area (Å²) >= 11 is 3.45. The second-order valence-electron chi connectivity index (χ2n) is 7.70. The number of nitriles is 4. The molecule has 3 unspecified atom stereocenters. The smallest absolute Gasteiger partial charge is 0.150 e. The van der Waals surface area contributed by atoms with Gasteiger partial charge in [-0.25, -0.2) is 0 Å². The zero-order chi connectivity index (χ0) is 20.6. The third-order valence-electron chi connectivity index (χ3n) is 6.31. The van der Waals surface area contributed by atoms with E-state index in [9.17, 15) is 21.0 Å². The van der Waals surface area contributed by atoms with Gasteiger partial charge in [-0.2, -0.15) is 21.0 Å². The van der Waals surface area contributed by atoms with Crippen molar-refractivity contribution in [3.05, 3.63) is 45.6 Å². The summed E-state index contributed by atoms with van der Waals surface area (Å²) < 4.78 is 0.839. The summed E-state index contributed by atoms with van der Waals surface area (Å²) in [4.78, 5) is 4.86. The number of rotatable bonds is 2. The van der Waals surface area contributed by atoms with Gasteiger partial charge >= 0.3 is 0 Å². The average Bonchev–Trinajstić information content (AvgIpc) is 3.28. The third kappa shape index (κ3) is 2.52. The zero-order valence-corrected chi connectivity index (χ0v) is 17.2. The van der Waals surface area contributed by atoms with Crippen molar-refractivity contribution in [2.45, 2.75) is 44.1 Å². The van der Waals surface area contributed by atoms with Crippen LogP contribution < -0.4 is 5.32 Å². The minimum atomic E-state index is -1.31. The van der Waals surface area contributed by atoms with Crippen LogP contribution in [-0.2, 0) is 0 Å². The number of fused-ring (bicyclic) bond motifs is 1. The maximum atomic E-state index is 10.3. The lowest BCUT2D eigenvalue weighted by atomic mass is 9.92. The van der Waals surface area contributed by atoms with Crippen molar-refractivity contribution in [2.75, 3.05) is 0 Å². The molecule has 29 heavy (non-hydrogen) atoms. The Morgan fingerprint density at radius 2 is 1.72 bits per heavy atom. The molecule has 0 amide bonds. The Bertz CT molecular complexity index is 1090. The van der Waals surface area contributed by atoms with Gasteiger partial charge in [-0.1, -0.05) is 47.3 Å². The zero-order valence-electron chi connectivity index (χ0n) is 15.6. The van der Waals surface area contributed by atoms with Crippen LogP contribution in [0, 0.1) is 56.2 Å². The minimum absolute atomic E-state index is 0.0867. The molecule has 1 aromatic rings. The maximum absolute atomic E-state index is 10.3. The number of aliphatic imine (C=N–C) groups is 1. The Hall–Kier alpha value is -3.13. The van der Waals surface area contributed by atoms with Crippen molar-refractivity contribution < 1.29 is 0 Å². The Balaban J connectivity index is 1.94. The van der Waals surface area contributed by atoms with Gasteiger partial charge in [0.05, 0.1) is 23.9 Å². The molecule has 0 aromatic heterocycles. The highest BCUT2D eigenvalue weighted by Gasteiger charge is 2.87. The van der Waals surface area contributed by atoms with Gasteiger partial charge < -0.3 is 5.32 Å². The summed E-state index contributed by atoms with van der Waals surface area (Å²) in [6, 6.07) is 16.0. The monoisotopic (exact) mass is 444 g/mol. The number of halogens is 1. The summed E-state index contributed by atoms with van der Waals surface area (Å²) in [5, 5.41) is 42.6. The summed E-state index contributed by atoms with van der Waals surface area (Å²) in [6.45, 7) is 0. The molecule has 142 valence electrons. The molecule has 1 N–H and O–H groups in total. The van der Waals surface area contributed by atoms with Gasteiger partial charge in [0.1, 0.15) is 28.8 Å². The van der Waals surface area contributed by atoms with Gasteiger partial charge in [-0.3, -0.25) is 4.99 Å². The molecule has 4 rings (SSSR count). The molecule has 0 radical (unpaired) electrons. The number of nitrogens with zero attached hydrogens (tertiary/aromatic N) is 5. The van der Waals surface area contributed by atoms with Gasteiger partial charge in [0.2, 0.25) is 0 Å². The Kier molecular flexibility index (Phi) is 4.66. The van der Waals surface area contributed by atoms with Crippen LogP contribution in [0.5, 0.6) is 0 Å². The minimum Gasteiger partial charge on any atom is -0.343 e. The van der Waals surface area contributed by atoms with Crippen LogP contribution in [0.4, 0.5) is 0 Å². The lowest BCUT2D eigenvalue weighted by Crippen LogP contribution is -2.30. The standard InChI is InChI=1S/C22H17BrN6/c23-16-6-4-5-14(9-16)18-21(12-26)19(15(10-24)11-25)29-20(22(18,21)13-27)28-17-7-2-1-3-8-17/h4-6,9,17-18H,1-3,7-8H2,(H,28,29). The van der Waals surface area contributed by atoms with Gasteiger partial charge in [-0.15, -0.1) is 0 Å². The fourth-order valence-corrected chi connectivity index (χ4v) is 5.40. The second-order valence-corrected chi connectivity index (χ2v) is 8.61. The Morgan fingerprint density at radius 1 is 1.03 bits per heavy atom. The summed E-state index contributed by atoms with van der Waals surface area (Å²) in [5.74, 6) is -0.0609. The van der Waals surface area contributed by atoms with Crippen LogP contribution in [0.3, 0.4) is 0 Å². The van der Waals surface area contributed by atoms with Crippen LogP contribution in [0.15, 0.2) is 45.0 Å². The molecule has 2 saturated carbocycles. The van der Waals surface area contributed by atoms with Crippen molar-refractivity contribution >= 4 is 21.8 Å². The summed E-state index contributed by atoms with van der Waals surface area (Å²) in [6.07, 6.45) is 5.24. The predicted molar refractivity (Wildman–Crippen MR) is 109 cm³/mol.